The van der Waals surface area contributed by atoms with Crippen LogP contribution in [0.15, 0.2) is 0 Å². The number of hydrogen-bond acceptors (Lipinski definition) is 2. The minimum Gasteiger partial charge on any atom is -0.352 e. The summed E-state index contributed by atoms with van der Waals surface area (Å²) >= 11 is 5.70. The summed E-state index contributed by atoms with van der Waals surface area (Å²) < 4.78 is 39.5. The van der Waals surface area contributed by atoms with Gasteiger partial charge in [0.25, 0.3) is 0 Å². The summed E-state index contributed by atoms with van der Waals surface area (Å²) in [6, 6.07) is 0.0289. The summed E-state index contributed by atoms with van der Waals surface area (Å²) in [5, 5.41) is 5.94. The summed E-state index contributed by atoms with van der Waals surface area (Å²) in [4.78, 5) is 12.2. The zero-order chi connectivity index (χ0) is 17.6. The van der Waals surface area contributed by atoms with E-state index in [2.05, 4.69) is 10.4 Å². The Kier molecular flexibility index (Phi) is 4.57. The second-order valence-corrected chi connectivity index (χ2v) is 7.48. The smallest absolute Gasteiger partial charge is 0.352 e. The fourth-order valence-corrected chi connectivity index (χ4v) is 4.55. The zero-order valence-electron chi connectivity index (χ0n) is 13.7. The molecule has 1 amide bonds. The number of nitrogens with zero attached hydrogens (tertiary/aromatic N) is 2. The Balaban J connectivity index is 1.63. The van der Waals surface area contributed by atoms with Crippen LogP contribution < -0.4 is 5.32 Å². The van der Waals surface area contributed by atoms with Gasteiger partial charge in [0.2, 0.25) is 5.91 Å². The molecular weight excluding hydrogens is 343 g/mol. The van der Waals surface area contributed by atoms with Gasteiger partial charge in [-0.2, -0.15) is 18.3 Å². The molecule has 2 bridgehead atoms. The number of carbonyl (C=O) groups is 1. The molecule has 3 rings (SSSR count). The molecule has 4 atom stereocenters. The van der Waals surface area contributed by atoms with Gasteiger partial charge in [-0.3, -0.25) is 9.48 Å². The van der Waals surface area contributed by atoms with Crippen molar-refractivity contribution in [1.29, 1.82) is 0 Å². The second-order valence-electron chi connectivity index (χ2n) is 7.10. The van der Waals surface area contributed by atoms with Crippen LogP contribution in [0.2, 0.25) is 5.02 Å². The third kappa shape index (κ3) is 3.27. The van der Waals surface area contributed by atoms with Crippen LogP contribution in [0.1, 0.15) is 44.0 Å². The predicted molar refractivity (Wildman–Crippen MR) is 83.5 cm³/mol. The van der Waals surface area contributed by atoms with Crippen LogP contribution in [0.5, 0.6) is 0 Å². The molecular formula is C16H21ClF3N3O. The fraction of sp³-hybridized carbons (Fsp3) is 0.750. The average Bonchev–Trinajstić information content (AvgIpc) is 3.17. The molecule has 0 saturated heterocycles. The quantitative estimate of drug-likeness (QED) is 0.884. The first-order valence-corrected chi connectivity index (χ1v) is 8.64. The van der Waals surface area contributed by atoms with E-state index in [4.69, 9.17) is 11.6 Å². The molecule has 2 aliphatic carbocycles. The van der Waals surface area contributed by atoms with Gasteiger partial charge in [-0.05, 0) is 50.9 Å². The summed E-state index contributed by atoms with van der Waals surface area (Å²) in [5.41, 5.74) is -0.998. The maximum absolute atomic E-state index is 12.8. The molecule has 4 nitrogen and oxygen atoms in total. The Morgan fingerprint density at radius 3 is 2.62 bits per heavy atom. The number of nitrogens with one attached hydrogen (secondary N) is 1. The summed E-state index contributed by atoms with van der Waals surface area (Å²) in [6.45, 7) is 3.15. The minimum absolute atomic E-state index is 0.0289. The van der Waals surface area contributed by atoms with Crippen molar-refractivity contribution < 1.29 is 18.0 Å². The number of rotatable bonds is 4. The molecule has 134 valence electrons. The largest absolute Gasteiger partial charge is 0.436 e. The van der Waals surface area contributed by atoms with Crippen LogP contribution in [0.25, 0.3) is 0 Å². The Bertz CT molecular complexity index is 643. The average molecular weight is 364 g/mol. The van der Waals surface area contributed by atoms with Crippen LogP contribution >= 0.6 is 11.6 Å². The van der Waals surface area contributed by atoms with Gasteiger partial charge in [0.1, 0.15) is 6.54 Å². The van der Waals surface area contributed by atoms with Gasteiger partial charge in [0.15, 0.2) is 5.69 Å². The Morgan fingerprint density at radius 2 is 2.12 bits per heavy atom. The number of fused-ring (bicyclic) bond motifs is 2. The number of hydrogen-bond donors (Lipinski definition) is 1. The van der Waals surface area contributed by atoms with E-state index in [1.165, 1.54) is 26.2 Å². The van der Waals surface area contributed by atoms with Gasteiger partial charge in [-0.25, -0.2) is 0 Å². The number of aromatic nitrogens is 2. The summed E-state index contributed by atoms with van der Waals surface area (Å²) in [6.07, 6.45) is 0.260. The fourth-order valence-electron chi connectivity index (χ4n) is 4.31. The van der Waals surface area contributed by atoms with Crippen LogP contribution in [0.3, 0.4) is 0 Å². The first-order chi connectivity index (χ1) is 11.2. The van der Waals surface area contributed by atoms with E-state index < -0.39 is 16.9 Å². The second kappa shape index (κ2) is 6.24. The van der Waals surface area contributed by atoms with E-state index in [0.717, 1.165) is 17.0 Å². The van der Waals surface area contributed by atoms with Crippen molar-refractivity contribution in [3.63, 3.8) is 0 Å². The van der Waals surface area contributed by atoms with Gasteiger partial charge >= 0.3 is 6.18 Å². The van der Waals surface area contributed by atoms with Crippen molar-refractivity contribution in [2.75, 3.05) is 0 Å². The van der Waals surface area contributed by atoms with Crippen molar-refractivity contribution in [2.24, 2.45) is 17.8 Å². The van der Waals surface area contributed by atoms with Crippen molar-refractivity contribution in [3.05, 3.63) is 16.4 Å². The Labute approximate surface area is 143 Å². The number of amides is 1. The van der Waals surface area contributed by atoms with Gasteiger partial charge in [-0.15, -0.1) is 0 Å². The van der Waals surface area contributed by atoms with E-state index in [-0.39, 0.29) is 24.2 Å². The molecule has 1 heterocycles. The van der Waals surface area contributed by atoms with Gasteiger partial charge in [0.05, 0.1) is 10.7 Å². The molecule has 24 heavy (non-hydrogen) atoms. The van der Waals surface area contributed by atoms with Crippen LogP contribution in [-0.4, -0.2) is 21.7 Å². The molecule has 0 spiro atoms. The monoisotopic (exact) mass is 363 g/mol. The van der Waals surface area contributed by atoms with E-state index >= 15 is 0 Å². The van der Waals surface area contributed by atoms with Crippen molar-refractivity contribution in [3.8, 4) is 0 Å². The van der Waals surface area contributed by atoms with Crippen molar-refractivity contribution >= 4 is 17.5 Å². The molecule has 0 unspecified atom stereocenters. The Morgan fingerprint density at radius 1 is 1.42 bits per heavy atom. The highest BCUT2D eigenvalue weighted by Crippen LogP contribution is 2.49. The molecule has 8 heteroatoms. The molecule has 0 radical (unpaired) electrons. The van der Waals surface area contributed by atoms with Gasteiger partial charge in [-0.1, -0.05) is 18.0 Å². The molecule has 2 aliphatic rings. The topological polar surface area (TPSA) is 46.9 Å². The number of halogens is 4. The predicted octanol–water partition coefficient (Wildman–Crippen LogP) is 3.80. The highest BCUT2D eigenvalue weighted by molar-refractivity contribution is 6.32. The normalized spacial score (nSPS) is 27.5. The lowest BCUT2D eigenvalue weighted by Gasteiger charge is -2.28. The molecule has 1 N–H and O–H groups in total. The first kappa shape index (κ1) is 17.6. The molecule has 1 aromatic rings. The highest BCUT2D eigenvalue weighted by atomic mass is 35.5. The zero-order valence-corrected chi connectivity index (χ0v) is 14.4. The first-order valence-electron chi connectivity index (χ1n) is 8.26. The SMILES string of the molecule is Cc1c(Cl)c(C(F)(F)F)nn1CC(=O)N[C@H](C)[C@@H]1C[C@@H]2CC[C@@H]1C2. The lowest BCUT2D eigenvalue weighted by molar-refractivity contribution is -0.141. The Hall–Kier alpha value is -1.24. The maximum Gasteiger partial charge on any atom is 0.436 e. The molecule has 0 aromatic carbocycles. The van der Waals surface area contributed by atoms with E-state index in [1.54, 1.807) is 0 Å². The molecule has 2 saturated carbocycles. The van der Waals surface area contributed by atoms with Gasteiger partial charge < -0.3 is 5.32 Å². The number of carbonyl (C=O) groups excluding carboxylic acids is 1. The van der Waals surface area contributed by atoms with Crippen molar-refractivity contribution in [2.45, 2.75) is 58.3 Å². The molecule has 1 aromatic heterocycles. The minimum atomic E-state index is -4.63. The summed E-state index contributed by atoms with van der Waals surface area (Å²) in [5.74, 6) is 1.59. The number of alkyl halides is 3. The van der Waals surface area contributed by atoms with Gasteiger partial charge in [0, 0.05) is 6.04 Å². The van der Waals surface area contributed by atoms with E-state index in [9.17, 15) is 18.0 Å². The van der Waals surface area contributed by atoms with Crippen LogP contribution in [-0.2, 0) is 17.5 Å². The molecule has 0 aliphatic heterocycles. The van der Waals surface area contributed by atoms with Crippen molar-refractivity contribution in [1.82, 2.24) is 15.1 Å². The standard InChI is InChI=1S/C16H21ClF3N3O/c1-8(12-6-10-3-4-11(12)5-10)21-13(24)7-23-9(2)14(17)15(22-23)16(18,19)20/h8,10-12H,3-7H2,1-2H3,(H,21,24)/t8-,10-,11-,12+/m1/s1. The lowest BCUT2D eigenvalue weighted by atomic mass is 9.84. The van der Waals surface area contributed by atoms with Crippen LogP contribution in [0.4, 0.5) is 13.2 Å². The third-order valence-electron chi connectivity index (χ3n) is 5.52. The lowest BCUT2D eigenvalue weighted by Crippen LogP contribution is -2.41. The van der Waals surface area contributed by atoms with E-state index in [0.29, 0.717) is 11.8 Å². The molecule has 2 fully saturated rings. The third-order valence-corrected chi connectivity index (χ3v) is 5.97. The van der Waals surface area contributed by atoms with Crippen LogP contribution in [0, 0.1) is 24.7 Å². The maximum atomic E-state index is 12.8. The van der Waals surface area contributed by atoms with E-state index in [1.807, 2.05) is 6.92 Å². The summed E-state index contributed by atoms with van der Waals surface area (Å²) in [7, 11) is 0. The highest BCUT2D eigenvalue weighted by Gasteiger charge is 2.42.